The van der Waals surface area contributed by atoms with Gasteiger partial charge < -0.3 is 15.0 Å². The summed E-state index contributed by atoms with van der Waals surface area (Å²) in [6.07, 6.45) is 1.83. The summed E-state index contributed by atoms with van der Waals surface area (Å²) in [5.74, 6) is -0.105. The van der Waals surface area contributed by atoms with E-state index in [1.807, 2.05) is 29.2 Å². The molecule has 2 fully saturated rings. The molecule has 1 aromatic carbocycles. The molecule has 1 aromatic rings. The maximum atomic E-state index is 13.0. The molecule has 3 heterocycles. The van der Waals surface area contributed by atoms with Gasteiger partial charge in [0.1, 0.15) is 0 Å². The Bertz CT molecular complexity index is 861. The molecular formula is C19H24N2O5S. The average molecular weight is 392 g/mol. The fraction of sp³-hybridized carbons (Fsp3) is 0.579. The SMILES string of the molecule is O=C(CC1(N2Cc3ccccc3C2=O)CCOCC1)NC1CCS(=O)(=O)C1. The van der Waals surface area contributed by atoms with Crippen molar-refractivity contribution in [3.63, 3.8) is 0 Å². The number of ether oxygens (including phenoxy) is 1. The Balaban J connectivity index is 1.51. The van der Waals surface area contributed by atoms with Gasteiger partial charge in [-0.2, -0.15) is 0 Å². The van der Waals surface area contributed by atoms with Gasteiger partial charge in [-0.25, -0.2) is 8.42 Å². The molecule has 4 rings (SSSR count). The molecule has 3 aliphatic rings. The van der Waals surface area contributed by atoms with E-state index in [4.69, 9.17) is 4.74 Å². The molecule has 2 saturated heterocycles. The van der Waals surface area contributed by atoms with E-state index in [-0.39, 0.29) is 35.8 Å². The zero-order chi connectivity index (χ0) is 19.1. The molecule has 1 N–H and O–H groups in total. The Kier molecular flexibility index (Phi) is 4.71. The van der Waals surface area contributed by atoms with Crippen molar-refractivity contribution in [3.8, 4) is 0 Å². The third-order valence-electron chi connectivity index (χ3n) is 5.90. The number of hydrogen-bond acceptors (Lipinski definition) is 5. The minimum Gasteiger partial charge on any atom is -0.381 e. The lowest BCUT2D eigenvalue weighted by atomic mass is 9.84. The Hall–Kier alpha value is -1.93. The van der Waals surface area contributed by atoms with Crippen LogP contribution in [-0.4, -0.2) is 61.4 Å². The van der Waals surface area contributed by atoms with E-state index in [0.29, 0.717) is 44.6 Å². The number of amides is 2. The first-order chi connectivity index (χ1) is 12.9. The van der Waals surface area contributed by atoms with Crippen molar-refractivity contribution >= 4 is 21.7 Å². The van der Waals surface area contributed by atoms with Gasteiger partial charge in [-0.15, -0.1) is 0 Å². The topological polar surface area (TPSA) is 92.8 Å². The number of fused-ring (bicyclic) bond motifs is 1. The molecular weight excluding hydrogens is 368 g/mol. The number of nitrogens with zero attached hydrogens (tertiary/aromatic N) is 1. The van der Waals surface area contributed by atoms with E-state index in [1.165, 1.54) is 0 Å². The molecule has 0 aliphatic carbocycles. The van der Waals surface area contributed by atoms with Crippen LogP contribution in [0.2, 0.25) is 0 Å². The summed E-state index contributed by atoms with van der Waals surface area (Å²) in [5.41, 5.74) is 1.09. The number of rotatable bonds is 4. The van der Waals surface area contributed by atoms with Crippen LogP contribution in [0.1, 0.15) is 41.6 Å². The van der Waals surface area contributed by atoms with Crippen molar-refractivity contribution in [1.29, 1.82) is 0 Å². The van der Waals surface area contributed by atoms with Gasteiger partial charge in [0.25, 0.3) is 5.91 Å². The van der Waals surface area contributed by atoms with E-state index in [9.17, 15) is 18.0 Å². The van der Waals surface area contributed by atoms with Gasteiger partial charge in [-0.3, -0.25) is 9.59 Å². The van der Waals surface area contributed by atoms with Crippen molar-refractivity contribution in [3.05, 3.63) is 35.4 Å². The monoisotopic (exact) mass is 392 g/mol. The summed E-state index contributed by atoms with van der Waals surface area (Å²) >= 11 is 0. The molecule has 7 nitrogen and oxygen atoms in total. The fourth-order valence-electron chi connectivity index (χ4n) is 4.42. The first-order valence-corrected chi connectivity index (χ1v) is 11.2. The highest BCUT2D eigenvalue weighted by Gasteiger charge is 2.46. The van der Waals surface area contributed by atoms with E-state index in [0.717, 1.165) is 5.56 Å². The minimum absolute atomic E-state index is 0.00291. The number of sulfone groups is 1. The second-order valence-electron chi connectivity index (χ2n) is 7.73. The van der Waals surface area contributed by atoms with Crippen molar-refractivity contribution in [2.45, 2.75) is 43.8 Å². The summed E-state index contributed by atoms with van der Waals surface area (Å²) in [6, 6.07) is 7.22. The van der Waals surface area contributed by atoms with E-state index >= 15 is 0 Å². The Labute approximate surface area is 159 Å². The van der Waals surface area contributed by atoms with E-state index in [2.05, 4.69) is 5.32 Å². The van der Waals surface area contributed by atoms with Crippen LogP contribution in [-0.2, 0) is 25.9 Å². The van der Waals surface area contributed by atoms with Gasteiger partial charge >= 0.3 is 0 Å². The predicted octanol–water partition coefficient (Wildman–Crippen LogP) is 0.885. The number of nitrogens with one attached hydrogen (secondary N) is 1. The fourth-order valence-corrected chi connectivity index (χ4v) is 6.09. The quantitative estimate of drug-likeness (QED) is 0.821. The van der Waals surface area contributed by atoms with Crippen molar-refractivity contribution in [2.75, 3.05) is 24.7 Å². The highest BCUT2D eigenvalue weighted by atomic mass is 32.2. The van der Waals surface area contributed by atoms with Crippen LogP contribution in [0.15, 0.2) is 24.3 Å². The van der Waals surface area contributed by atoms with Crippen LogP contribution in [0.4, 0.5) is 0 Å². The smallest absolute Gasteiger partial charge is 0.254 e. The third-order valence-corrected chi connectivity index (χ3v) is 7.67. The van der Waals surface area contributed by atoms with Gasteiger partial charge in [0.05, 0.1) is 23.5 Å². The van der Waals surface area contributed by atoms with E-state index in [1.54, 1.807) is 0 Å². The minimum atomic E-state index is -3.05. The van der Waals surface area contributed by atoms with Crippen molar-refractivity contribution in [1.82, 2.24) is 10.2 Å². The second-order valence-corrected chi connectivity index (χ2v) is 9.96. The maximum absolute atomic E-state index is 13.0. The van der Waals surface area contributed by atoms with Crippen molar-refractivity contribution < 1.29 is 22.7 Å². The first kappa shape index (κ1) is 18.4. The molecule has 8 heteroatoms. The molecule has 146 valence electrons. The van der Waals surface area contributed by atoms with Gasteiger partial charge in [0.2, 0.25) is 5.91 Å². The van der Waals surface area contributed by atoms with Gasteiger partial charge in [0, 0.05) is 31.4 Å². The standard InChI is InChI=1S/C19H24N2O5S/c22-17(20-15-5-10-27(24,25)13-15)11-19(6-8-26-9-7-19)21-12-14-3-1-2-4-16(14)18(21)23/h1-4,15H,5-13H2,(H,20,22). The zero-order valence-corrected chi connectivity index (χ0v) is 16.0. The van der Waals surface area contributed by atoms with Crippen LogP contribution >= 0.6 is 0 Å². The number of carbonyl (C=O) groups is 2. The molecule has 27 heavy (non-hydrogen) atoms. The number of hydrogen-bond donors (Lipinski definition) is 1. The highest BCUT2D eigenvalue weighted by Crippen LogP contribution is 2.38. The largest absolute Gasteiger partial charge is 0.381 e. The lowest BCUT2D eigenvalue weighted by Crippen LogP contribution is -2.55. The van der Waals surface area contributed by atoms with Gasteiger partial charge in [-0.1, -0.05) is 18.2 Å². The van der Waals surface area contributed by atoms with Gasteiger partial charge in [-0.05, 0) is 30.9 Å². The normalized spacial score (nSPS) is 26.0. The van der Waals surface area contributed by atoms with Crippen LogP contribution in [0, 0.1) is 0 Å². The van der Waals surface area contributed by atoms with Crippen molar-refractivity contribution in [2.24, 2.45) is 0 Å². The molecule has 0 aromatic heterocycles. The number of benzene rings is 1. The average Bonchev–Trinajstić information content (AvgIpc) is 3.15. The lowest BCUT2D eigenvalue weighted by molar-refractivity contribution is -0.126. The maximum Gasteiger partial charge on any atom is 0.254 e. The van der Waals surface area contributed by atoms with E-state index < -0.39 is 15.4 Å². The predicted molar refractivity (Wildman–Crippen MR) is 98.9 cm³/mol. The molecule has 0 saturated carbocycles. The zero-order valence-electron chi connectivity index (χ0n) is 15.1. The molecule has 1 unspecified atom stereocenters. The van der Waals surface area contributed by atoms with Crippen LogP contribution in [0.5, 0.6) is 0 Å². The molecule has 1 atom stereocenters. The third kappa shape index (κ3) is 3.60. The van der Waals surface area contributed by atoms with Crippen LogP contribution in [0.3, 0.4) is 0 Å². The Morgan fingerprint density at radius 3 is 2.67 bits per heavy atom. The molecule has 3 aliphatic heterocycles. The summed E-state index contributed by atoms with van der Waals surface area (Å²) in [4.78, 5) is 27.5. The summed E-state index contributed by atoms with van der Waals surface area (Å²) in [5, 5.41) is 2.87. The summed E-state index contributed by atoms with van der Waals surface area (Å²) < 4.78 is 28.8. The van der Waals surface area contributed by atoms with Gasteiger partial charge in [0.15, 0.2) is 9.84 Å². The number of carbonyl (C=O) groups excluding carboxylic acids is 2. The Morgan fingerprint density at radius 2 is 2.00 bits per heavy atom. The molecule has 0 radical (unpaired) electrons. The van der Waals surface area contributed by atoms with Crippen LogP contribution in [0.25, 0.3) is 0 Å². The lowest BCUT2D eigenvalue weighted by Gasteiger charge is -2.44. The summed E-state index contributed by atoms with van der Waals surface area (Å²) in [6.45, 7) is 1.51. The summed E-state index contributed by atoms with van der Waals surface area (Å²) in [7, 11) is -3.05. The molecule has 0 spiro atoms. The molecule has 2 amide bonds. The second kappa shape index (κ2) is 6.91. The Morgan fingerprint density at radius 1 is 1.26 bits per heavy atom. The first-order valence-electron chi connectivity index (χ1n) is 9.36. The highest BCUT2D eigenvalue weighted by molar-refractivity contribution is 7.91. The molecule has 0 bridgehead atoms. The van der Waals surface area contributed by atoms with Crippen LogP contribution < -0.4 is 5.32 Å².